The molecule has 13 heavy (non-hydrogen) atoms. The second-order valence-electron chi connectivity index (χ2n) is 3.62. The van der Waals surface area contributed by atoms with Gasteiger partial charge in [0.05, 0.1) is 6.54 Å². The Kier molecular flexibility index (Phi) is 5.75. The molecule has 0 radical (unpaired) electrons. The Bertz CT molecular complexity index is 209. The smallest absolute Gasteiger partial charge is 0.0560 e. The van der Waals surface area contributed by atoms with Gasteiger partial charge in [0.15, 0.2) is 0 Å². The molecule has 0 unspecified atom stereocenters. The van der Waals surface area contributed by atoms with E-state index in [9.17, 15) is 0 Å². The zero-order valence-electron chi connectivity index (χ0n) is 8.18. The van der Waals surface area contributed by atoms with Crippen molar-refractivity contribution >= 4 is 12.4 Å². The van der Waals surface area contributed by atoms with Crippen molar-refractivity contribution in [3.63, 3.8) is 0 Å². The summed E-state index contributed by atoms with van der Waals surface area (Å²) >= 11 is 0. The Morgan fingerprint density at radius 1 is 1.46 bits per heavy atom. The van der Waals surface area contributed by atoms with Crippen LogP contribution in [0.25, 0.3) is 0 Å². The molecule has 0 spiro atoms. The van der Waals surface area contributed by atoms with Gasteiger partial charge in [0, 0.05) is 18.4 Å². The SMILES string of the molecule is CC(C)C[C@H](N)Cn1cccn1.Cl. The van der Waals surface area contributed by atoms with Gasteiger partial charge in [0.1, 0.15) is 0 Å². The first kappa shape index (κ1) is 12.5. The Labute approximate surface area is 85.7 Å². The average molecular weight is 204 g/mol. The lowest BCUT2D eigenvalue weighted by atomic mass is 10.1. The van der Waals surface area contributed by atoms with E-state index in [-0.39, 0.29) is 18.4 Å². The van der Waals surface area contributed by atoms with Crippen LogP contribution in [-0.4, -0.2) is 15.8 Å². The fourth-order valence-electron chi connectivity index (χ4n) is 1.33. The first-order chi connectivity index (χ1) is 5.68. The summed E-state index contributed by atoms with van der Waals surface area (Å²) in [5, 5.41) is 4.10. The summed E-state index contributed by atoms with van der Waals surface area (Å²) in [6.07, 6.45) is 4.78. The van der Waals surface area contributed by atoms with E-state index in [2.05, 4.69) is 18.9 Å². The second kappa shape index (κ2) is 6.00. The van der Waals surface area contributed by atoms with Crippen molar-refractivity contribution in [1.29, 1.82) is 0 Å². The quantitative estimate of drug-likeness (QED) is 0.810. The molecule has 0 aliphatic carbocycles. The number of hydrogen-bond donors (Lipinski definition) is 1. The summed E-state index contributed by atoms with van der Waals surface area (Å²) < 4.78 is 1.88. The van der Waals surface area contributed by atoms with Gasteiger partial charge in [-0.05, 0) is 18.4 Å². The molecule has 0 aromatic carbocycles. The second-order valence-corrected chi connectivity index (χ2v) is 3.62. The maximum absolute atomic E-state index is 5.90. The number of halogens is 1. The third kappa shape index (κ3) is 4.90. The summed E-state index contributed by atoms with van der Waals surface area (Å²) in [5.74, 6) is 0.663. The lowest BCUT2D eigenvalue weighted by molar-refractivity contribution is 0.429. The number of hydrogen-bond acceptors (Lipinski definition) is 2. The number of rotatable bonds is 4. The van der Waals surface area contributed by atoms with Gasteiger partial charge in [-0.25, -0.2) is 0 Å². The number of nitrogens with two attached hydrogens (primary N) is 1. The van der Waals surface area contributed by atoms with Crippen molar-refractivity contribution in [2.45, 2.75) is 32.9 Å². The van der Waals surface area contributed by atoms with Crippen LogP contribution in [0.5, 0.6) is 0 Å². The molecule has 0 fully saturated rings. The van der Waals surface area contributed by atoms with Crippen LogP contribution in [-0.2, 0) is 6.54 Å². The van der Waals surface area contributed by atoms with Gasteiger partial charge in [-0.2, -0.15) is 5.10 Å². The Morgan fingerprint density at radius 2 is 2.15 bits per heavy atom. The molecule has 0 amide bonds. The average Bonchev–Trinajstić information content (AvgIpc) is 2.37. The van der Waals surface area contributed by atoms with Crippen LogP contribution >= 0.6 is 12.4 Å². The first-order valence-electron chi connectivity index (χ1n) is 4.41. The highest BCUT2D eigenvalue weighted by Crippen LogP contribution is 2.03. The van der Waals surface area contributed by atoms with E-state index in [1.807, 2.05) is 16.9 Å². The van der Waals surface area contributed by atoms with Crippen molar-refractivity contribution in [1.82, 2.24) is 9.78 Å². The molecule has 0 aliphatic heterocycles. The Hall–Kier alpha value is -0.540. The lowest BCUT2D eigenvalue weighted by Gasteiger charge is -2.13. The summed E-state index contributed by atoms with van der Waals surface area (Å²) in [6.45, 7) is 5.19. The summed E-state index contributed by atoms with van der Waals surface area (Å²) in [5.41, 5.74) is 5.90. The predicted octanol–water partition coefficient (Wildman–Crippen LogP) is 1.68. The van der Waals surface area contributed by atoms with E-state index >= 15 is 0 Å². The van der Waals surface area contributed by atoms with Gasteiger partial charge >= 0.3 is 0 Å². The van der Waals surface area contributed by atoms with Crippen LogP contribution in [0.2, 0.25) is 0 Å². The summed E-state index contributed by atoms with van der Waals surface area (Å²) in [6, 6.07) is 2.15. The molecule has 4 heteroatoms. The van der Waals surface area contributed by atoms with Crippen LogP contribution in [0, 0.1) is 5.92 Å². The zero-order valence-corrected chi connectivity index (χ0v) is 9.00. The van der Waals surface area contributed by atoms with Gasteiger partial charge in [-0.1, -0.05) is 13.8 Å². The van der Waals surface area contributed by atoms with E-state index in [1.54, 1.807) is 6.20 Å². The molecule has 1 aromatic rings. The molecular formula is C9H18ClN3. The van der Waals surface area contributed by atoms with Gasteiger partial charge in [0.25, 0.3) is 0 Å². The molecule has 1 heterocycles. The Morgan fingerprint density at radius 3 is 2.62 bits per heavy atom. The maximum atomic E-state index is 5.90. The minimum Gasteiger partial charge on any atom is -0.326 e. The van der Waals surface area contributed by atoms with Crippen LogP contribution in [0.3, 0.4) is 0 Å². The van der Waals surface area contributed by atoms with Crippen LogP contribution in [0.1, 0.15) is 20.3 Å². The van der Waals surface area contributed by atoms with E-state index < -0.39 is 0 Å². The molecule has 2 N–H and O–H groups in total. The fourth-order valence-corrected chi connectivity index (χ4v) is 1.33. The van der Waals surface area contributed by atoms with E-state index in [0.717, 1.165) is 13.0 Å². The van der Waals surface area contributed by atoms with Crippen LogP contribution < -0.4 is 5.73 Å². The monoisotopic (exact) mass is 203 g/mol. The highest BCUT2D eigenvalue weighted by molar-refractivity contribution is 5.85. The molecule has 0 bridgehead atoms. The van der Waals surface area contributed by atoms with E-state index in [0.29, 0.717) is 5.92 Å². The molecule has 3 nitrogen and oxygen atoms in total. The summed E-state index contributed by atoms with van der Waals surface area (Å²) in [7, 11) is 0. The zero-order chi connectivity index (χ0) is 8.97. The van der Waals surface area contributed by atoms with Crippen molar-refractivity contribution in [3.8, 4) is 0 Å². The van der Waals surface area contributed by atoms with Crippen molar-refractivity contribution in [2.75, 3.05) is 0 Å². The van der Waals surface area contributed by atoms with Crippen molar-refractivity contribution < 1.29 is 0 Å². The molecule has 0 aliphatic rings. The molecule has 1 rings (SSSR count). The molecule has 76 valence electrons. The molecule has 0 saturated heterocycles. The van der Waals surface area contributed by atoms with Crippen LogP contribution in [0.15, 0.2) is 18.5 Å². The van der Waals surface area contributed by atoms with Gasteiger partial charge in [-0.15, -0.1) is 12.4 Å². The van der Waals surface area contributed by atoms with Crippen molar-refractivity contribution in [2.24, 2.45) is 11.7 Å². The number of aromatic nitrogens is 2. The third-order valence-corrected chi connectivity index (χ3v) is 1.75. The maximum Gasteiger partial charge on any atom is 0.0560 e. The van der Waals surface area contributed by atoms with Gasteiger partial charge in [-0.3, -0.25) is 4.68 Å². The topological polar surface area (TPSA) is 43.8 Å². The molecular weight excluding hydrogens is 186 g/mol. The fraction of sp³-hybridized carbons (Fsp3) is 0.667. The molecule has 1 aromatic heterocycles. The minimum absolute atomic E-state index is 0. The lowest BCUT2D eigenvalue weighted by Crippen LogP contribution is -2.27. The third-order valence-electron chi connectivity index (χ3n) is 1.75. The Balaban J connectivity index is 0.00000144. The molecule has 1 atom stereocenters. The molecule has 0 saturated carbocycles. The van der Waals surface area contributed by atoms with E-state index in [4.69, 9.17) is 5.73 Å². The normalized spacial score (nSPS) is 12.6. The van der Waals surface area contributed by atoms with E-state index in [1.165, 1.54) is 0 Å². The van der Waals surface area contributed by atoms with Gasteiger partial charge in [0.2, 0.25) is 0 Å². The standard InChI is InChI=1S/C9H17N3.ClH/c1-8(2)6-9(10)7-12-5-3-4-11-12;/h3-5,8-9H,6-7,10H2,1-2H3;1H/t9-;/m0./s1. The summed E-state index contributed by atoms with van der Waals surface area (Å²) in [4.78, 5) is 0. The van der Waals surface area contributed by atoms with Crippen LogP contribution in [0.4, 0.5) is 0 Å². The largest absolute Gasteiger partial charge is 0.326 e. The number of nitrogens with zero attached hydrogens (tertiary/aromatic N) is 2. The predicted molar refractivity (Wildman–Crippen MR) is 56.9 cm³/mol. The van der Waals surface area contributed by atoms with Gasteiger partial charge < -0.3 is 5.73 Å². The minimum atomic E-state index is 0. The van der Waals surface area contributed by atoms with Crippen molar-refractivity contribution in [3.05, 3.63) is 18.5 Å². The highest BCUT2D eigenvalue weighted by atomic mass is 35.5. The highest BCUT2D eigenvalue weighted by Gasteiger charge is 2.05. The first-order valence-corrected chi connectivity index (χ1v) is 4.41.